The van der Waals surface area contributed by atoms with Crippen LogP contribution in [0.25, 0.3) is 10.9 Å². The molecule has 10 nitrogen and oxygen atoms in total. The van der Waals surface area contributed by atoms with E-state index in [1.54, 1.807) is 20.8 Å². The van der Waals surface area contributed by atoms with E-state index >= 15 is 0 Å². The summed E-state index contributed by atoms with van der Waals surface area (Å²) in [6, 6.07) is 6.44. The summed E-state index contributed by atoms with van der Waals surface area (Å²) in [6.07, 6.45) is 11.9. The Morgan fingerprint density at radius 1 is 0.980 bits per heavy atom. The minimum Gasteiger partial charge on any atom is -0.444 e. The average molecular weight is 693 g/mol. The van der Waals surface area contributed by atoms with Gasteiger partial charge in [-0.2, -0.15) is 0 Å². The quantitative estimate of drug-likeness (QED) is 0.291. The Morgan fingerprint density at radius 2 is 1.70 bits per heavy atom. The summed E-state index contributed by atoms with van der Waals surface area (Å²) in [4.78, 5) is 55.5. The summed E-state index contributed by atoms with van der Waals surface area (Å²) < 4.78 is 27.4. The number of aromatic nitrogens is 1. The van der Waals surface area contributed by atoms with Gasteiger partial charge in [-0.05, 0) is 108 Å². The minimum atomic E-state index is -0.692. The molecule has 7 rings (SSSR count). The molecule has 1 aromatic carbocycles. The second-order valence-electron chi connectivity index (χ2n) is 16.5. The number of esters is 1. The van der Waals surface area contributed by atoms with Crippen LogP contribution in [0.5, 0.6) is 0 Å². The Balaban J connectivity index is 1.05. The molecule has 11 heteroatoms. The van der Waals surface area contributed by atoms with Gasteiger partial charge in [-0.15, -0.1) is 0 Å². The van der Waals surface area contributed by atoms with Crippen molar-refractivity contribution in [3.05, 3.63) is 30.0 Å². The number of carbonyl (C=O) groups is 4. The van der Waals surface area contributed by atoms with Crippen LogP contribution in [0.4, 0.5) is 14.9 Å². The Morgan fingerprint density at radius 3 is 2.38 bits per heavy atom. The van der Waals surface area contributed by atoms with Crippen molar-refractivity contribution in [3.63, 3.8) is 0 Å². The van der Waals surface area contributed by atoms with Crippen LogP contribution < -0.4 is 10.6 Å². The first-order chi connectivity index (χ1) is 24.0. The Hall–Kier alpha value is -3.63. The second kappa shape index (κ2) is 13.8. The number of alkyl carbamates (subject to hydrolysis) is 1. The van der Waals surface area contributed by atoms with Crippen molar-refractivity contribution in [1.29, 1.82) is 0 Å². The molecule has 2 aromatic rings. The van der Waals surface area contributed by atoms with E-state index in [2.05, 4.69) is 15.2 Å². The predicted octanol–water partition coefficient (Wildman–Crippen LogP) is 7.44. The molecule has 4 fully saturated rings. The van der Waals surface area contributed by atoms with Crippen molar-refractivity contribution in [2.24, 2.45) is 23.7 Å². The topological polar surface area (TPSA) is 119 Å². The van der Waals surface area contributed by atoms with Gasteiger partial charge >= 0.3 is 12.1 Å². The lowest BCUT2D eigenvalue weighted by Gasteiger charge is -2.37. The zero-order valence-electron chi connectivity index (χ0n) is 29.8. The maximum atomic E-state index is 14.3. The molecule has 3 amide bonds. The second-order valence-corrected chi connectivity index (χ2v) is 16.5. The SMILES string of the molecule is CC(C)(C)OC(=O)N[C@H](CF)C1CCC(C(=O)N2CC[C@@H](C3CCCCC3)[C@H]2C(=O)Nc2ccc3c(c2)cc2n3C3(CCCC3)OC2=O)CC1. The van der Waals surface area contributed by atoms with Gasteiger partial charge in [0.1, 0.15) is 24.0 Å². The van der Waals surface area contributed by atoms with Crippen molar-refractivity contribution < 1.29 is 33.0 Å². The fourth-order valence-corrected chi connectivity index (χ4v) is 9.82. The number of carbonyl (C=O) groups excluding carboxylic acids is 4. The van der Waals surface area contributed by atoms with E-state index < -0.39 is 36.2 Å². The number of likely N-dealkylation sites (tertiary alicyclic amines) is 1. The standard InChI is InChI=1S/C39H53FN4O6/c1-38(2,3)50-37(48)42-30(23-40)25-11-13-26(14-12-25)35(46)43-20-17-29(24-9-5-4-6-10-24)33(43)34(45)41-28-15-16-31-27(21-28)22-32-36(47)49-39(44(31)32)18-7-8-19-39/h15-16,21-22,24-26,29-30,33H,4-14,17-20,23H2,1-3H3,(H,41,45)(H,42,48)/t25?,26?,29-,30+,33-/m0/s1. The fourth-order valence-electron chi connectivity index (χ4n) is 9.82. The van der Waals surface area contributed by atoms with Crippen LogP contribution >= 0.6 is 0 Å². The van der Waals surface area contributed by atoms with Crippen LogP contribution in [0.1, 0.15) is 121 Å². The highest BCUT2D eigenvalue weighted by molar-refractivity contribution is 6.02. The first-order valence-electron chi connectivity index (χ1n) is 19.0. The zero-order chi connectivity index (χ0) is 35.2. The van der Waals surface area contributed by atoms with Crippen molar-refractivity contribution in [3.8, 4) is 0 Å². The highest BCUT2D eigenvalue weighted by Crippen LogP contribution is 2.47. The Labute approximate surface area is 294 Å². The van der Waals surface area contributed by atoms with Crippen molar-refractivity contribution >= 4 is 40.5 Å². The molecule has 272 valence electrons. The van der Waals surface area contributed by atoms with Crippen LogP contribution in [0.3, 0.4) is 0 Å². The van der Waals surface area contributed by atoms with Gasteiger partial charge < -0.3 is 25.0 Å². The number of nitrogens with zero attached hydrogens (tertiary/aromatic N) is 2. The number of halogens is 1. The third-order valence-corrected chi connectivity index (χ3v) is 12.2. The summed E-state index contributed by atoms with van der Waals surface area (Å²) >= 11 is 0. The summed E-state index contributed by atoms with van der Waals surface area (Å²) in [5, 5.41) is 6.77. The first kappa shape index (κ1) is 34.8. The van der Waals surface area contributed by atoms with E-state index in [-0.39, 0.29) is 35.5 Å². The number of hydrogen-bond acceptors (Lipinski definition) is 6. The molecule has 1 spiro atoms. The molecule has 3 atom stereocenters. The number of anilines is 1. The number of fused-ring (bicyclic) bond motifs is 4. The van der Waals surface area contributed by atoms with Crippen molar-refractivity contribution in [2.75, 3.05) is 18.5 Å². The van der Waals surface area contributed by atoms with E-state index in [4.69, 9.17) is 9.47 Å². The van der Waals surface area contributed by atoms with E-state index in [9.17, 15) is 23.6 Å². The first-order valence-corrected chi connectivity index (χ1v) is 19.0. The Bertz CT molecular complexity index is 1610. The van der Waals surface area contributed by atoms with Crippen LogP contribution in [-0.4, -0.2) is 64.2 Å². The number of amides is 3. The smallest absolute Gasteiger partial charge is 0.407 e. The van der Waals surface area contributed by atoms with Crippen LogP contribution in [-0.2, 0) is 24.8 Å². The molecule has 5 aliphatic rings. The number of hydrogen-bond donors (Lipinski definition) is 2. The molecule has 2 N–H and O–H groups in total. The molecular formula is C39H53FN4O6. The summed E-state index contributed by atoms with van der Waals surface area (Å²) in [6.45, 7) is 5.18. The van der Waals surface area contributed by atoms with Crippen LogP contribution in [0.2, 0.25) is 0 Å². The largest absolute Gasteiger partial charge is 0.444 e. The average Bonchev–Trinajstić information content (AvgIpc) is 3.88. The number of rotatable bonds is 7. The molecule has 3 saturated carbocycles. The van der Waals surface area contributed by atoms with Gasteiger partial charge in [0, 0.05) is 36.4 Å². The van der Waals surface area contributed by atoms with E-state index in [0.29, 0.717) is 49.5 Å². The lowest BCUT2D eigenvalue weighted by atomic mass is 9.76. The molecule has 0 radical (unpaired) electrons. The van der Waals surface area contributed by atoms with Gasteiger partial charge in [0.2, 0.25) is 11.8 Å². The number of ether oxygens (including phenoxy) is 2. The molecule has 1 aromatic heterocycles. The lowest BCUT2D eigenvalue weighted by Crippen LogP contribution is -2.50. The molecule has 50 heavy (non-hydrogen) atoms. The zero-order valence-corrected chi connectivity index (χ0v) is 29.8. The summed E-state index contributed by atoms with van der Waals surface area (Å²) in [5.74, 6) is -0.254. The molecule has 3 aliphatic carbocycles. The molecule has 0 unspecified atom stereocenters. The maximum Gasteiger partial charge on any atom is 0.407 e. The summed E-state index contributed by atoms with van der Waals surface area (Å²) in [7, 11) is 0. The van der Waals surface area contributed by atoms with Crippen molar-refractivity contribution in [2.45, 2.75) is 134 Å². The van der Waals surface area contributed by atoms with Crippen LogP contribution in [0.15, 0.2) is 24.3 Å². The number of nitrogens with one attached hydrogen (secondary N) is 2. The molecule has 3 heterocycles. The molecular weight excluding hydrogens is 639 g/mol. The predicted molar refractivity (Wildman–Crippen MR) is 187 cm³/mol. The van der Waals surface area contributed by atoms with Gasteiger partial charge in [0.25, 0.3) is 0 Å². The van der Waals surface area contributed by atoms with E-state index in [0.717, 1.165) is 68.7 Å². The highest BCUT2D eigenvalue weighted by atomic mass is 19.1. The number of alkyl halides is 1. The normalized spacial score (nSPS) is 27.3. The van der Waals surface area contributed by atoms with Gasteiger partial charge in [-0.3, -0.25) is 14.2 Å². The third kappa shape index (κ3) is 6.73. The minimum absolute atomic E-state index is 0.0125. The molecule has 0 bridgehead atoms. The monoisotopic (exact) mass is 692 g/mol. The van der Waals surface area contributed by atoms with E-state index in [1.807, 2.05) is 29.2 Å². The Kier molecular flexibility index (Phi) is 9.62. The van der Waals surface area contributed by atoms with Gasteiger partial charge in [0.05, 0.1) is 11.6 Å². The van der Waals surface area contributed by atoms with Gasteiger partial charge in [0.15, 0.2) is 5.72 Å². The van der Waals surface area contributed by atoms with Gasteiger partial charge in [-0.1, -0.05) is 32.1 Å². The fraction of sp³-hybridized carbons (Fsp3) is 0.692. The van der Waals surface area contributed by atoms with Crippen molar-refractivity contribution in [1.82, 2.24) is 14.8 Å². The highest BCUT2D eigenvalue weighted by Gasteiger charge is 2.49. The lowest BCUT2D eigenvalue weighted by molar-refractivity contribution is -0.142. The molecule has 1 saturated heterocycles. The van der Waals surface area contributed by atoms with E-state index in [1.165, 1.54) is 6.42 Å². The maximum absolute atomic E-state index is 14.3. The van der Waals surface area contributed by atoms with Gasteiger partial charge in [-0.25, -0.2) is 14.0 Å². The third-order valence-electron chi connectivity index (χ3n) is 12.2. The van der Waals surface area contributed by atoms with Crippen LogP contribution in [0, 0.1) is 23.7 Å². The number of benzene rings is 1. The summed E-state index contributed by atoms with van der Waals surface area (Å²) in [5.41, 5.74) is 0.862. The molecule has 2 aliphatic heterocycles.